The second-order valence-corrected chi connectivity index (χ2v) is 5.20. The van der Waals surface area contributed by atoms with Crippen molar-refractivity contribution in [3.8, 4) is 0 Å². The molecule has 0 saturated heterocycles. The second kappa shape index (κ2) is 5.35. The summed E-state index contributed by atoms with van der Waals surface area (Å²) in [5.41, 5.74) is 3.98. The van der Waals surface area contributed by atoms with Crippen molar-refractivity contribution in [1.82, 2.24) is 4.98 Å². The number of aryl methyl sites for hydroxylation is 1. The van der Waals surface area contributed by atoms with Crippen LogP contribution in [0.5, 0.6) is 0 Å². The number of nitrogens with zero attached hydrogens (tertiary/aromatic N) is 1. The average Bonchev–Trinajstić information content (AvgIpc) is 2.44. The van der Waals surface area contributed by atoms with E-state index in [1.807, 2.05) is 12.1 Å². The molecule has 19 heavy (non-hydrogen) atoms. The molecule has 1 aromatic heterocycles. The summed E-state index contributed by atoms with van der Waals surface area (Å²) in [7, 11) is 0. The summed E-state index contributed by atoms with van der Waals surface area (Å²) in [6, 6.07) is 12.4. The minimum Gasteiger partial charge on any atom is -0.300 e. The molecular weight excluding hydrogens is 234 g/mol. The van der Waals surface area contributed by atoms with Crippen molar-refractivity contribution in [2.45, 2.75) is 31.6 Å². The van der Waals surface area contributed by atoms with E-state index in [1.54, 1.807) is 12.4 Å². The molecule has 0 spiro atoms. The number of pyridine rings is 1. The zero-order valence-corrected chi connectivity index (χ0v) is 10.9. The fraction of sp³-hybridized carbons (Fsp3) is 0.294. The number of carbonyl (C=O) groups is 1. The van der Waals surface area contributed by atoms with Gasteiger partial charge in [-0.05, 0) is 47.6 Å². The van der Waals surface area contributed by atoms with Crippen LogP contribution in [-0.2, 0) is 17.6 Å². The fourth-order valence-electron chi connectivity index (χ4n) is 2.75. The van der Waals surface area contributed by atoms with E-state index < -0.39 is 0 Å². The zero-order valence-electron chi connectivity index (χ0n) is 10.9. The van der Waals surface area contributed by atoms with E-state index in [1.165, 1.54) is 16.7 Å². The molecule has 0 bridgehead atoms. The number of benzene rings is 1. The van der Waals surface area contributed by atoms with Gasteiger partial charge < -0.3 is 0 Å². The summed E-state index contributed by atoms with van der Waals surface area (Å²) in [5.74, 6) is 0.831. The van der Waals surface area contributed by atoms with Crippen LogP contribution >= 0.6 is 0 Å². The normalized spacial score (nSPS) is 16.5. The molecule has 2 heteroatoms. The Balaban J connectivity index is 1.51. The van der Waals surface area contributed by atoms with Crippen LogP contribution in [0.2, 0.25) is 0 Å². The summed E-state index contributed by atoms with van der Waals surface area (Å²) in [6.07, 6.45) is 6.79. The van der Waals surface area contributed by atoms with Crippen LogP contribution in [0.3, 0.4) is 0 Å². The molecule has 0 amide bonds. The zero-order chi connectivity index (χ0) is 13.1. The van der Waals surface area contributed by atoms with Crippen molar-refractivity contribution >= 4 is 5.78 Å². The van der Waals surface area contributed by atoms with Gasteiger partial charge in [0.05, 0.1) is 0 Å². The predicted octanol–water partition coefficient (Wildman–Crippen LogP) is 3.31. The number of carbonyl (C=O) groups excluding carboxylic acids is 1. The van der Waals surface area contributed by atoms with Crippen LogP contribution in [0, 0.1) is 0 Å². The summed E-state index contributed by atoms with van der Waals surface area (Å²) < 4.78 is 0. The summed E-state index contributed by atoms with van der Waals surface area (Å²) in [4.78, 5) is 16.0. The van der Waals surface area contributed by atoms with Gasteiger partial charge in [-0.15, -0.1) is 0 Å². The van der Waals surface area contributed by atoms with Gasteiger partial charge >= 0.3 is 0 Å². The van der Waals surface area contributed by atoms with Crippen LogP contribution in [0.25, 0.3) is 0 Å². The Morgan fingerprint density at radius 3 is 2.74 bits per heavy atom. The number of Topliss-reactive ketones (excluding diaryl/α,β-unsaturated/α-hetero) is 1. The summed E-state index contributed by atoms with van der Waals surface area (Å²) >= 11 is 0. The molecule has 0 radical (unpaired) electrons. The van der Waals surface area contributed by atoms with Gasteiger partial charge in [0.25, 0.3) is 0 Å². The SMILES string of the molecule is O=C(CCc1ccncc1)CC1Cc2ccccc21. The lowest BCUT2D eigenvalue weighted by atomic mass is 9.75. The molecule has 3 rings (SSSR count). The highest BCUT2D eigenvalue weighted by molar-refractivity contribution is 5.80. The number of rotatable bonds is 5. The molecule has 0 aliphatic heterocycles. The van der Waals surface area contributed by atoms with Gasteiger partial charge in [-0.3, -0.25) is 9.78 Å². The first-order chi connectivity index (χ1) is 9.33. The maximum atomic E-state index is 12.0. The van der Waals surface area contributed by atoms with Crippen molar-refractivity contribution in [3.05, 3.63) is 65.5 Å². The molecular formula is C17H17NO. The van der Waals surface area contributed by atoms with Crippen LogP contribution in [0.4, 0.5) is 0 Å². The van der Waals surface area contributed by atoms with Crippen LogP contribution in [0.15, 0.2) is 48.8 Å². The first-order valence-electron chi connectivity index (χ1n) is 6.81. The second-order valence-electron chi connectivity index (χ2n) is 5.20. The molecule has 1 atom stereocenters. The van der Waals surface area contributed by atoms with E-state index in [0.29, 0.717) is 24.5 Å². The number of fused-ring (bicyclic) bond motifs is 1. The van der Waals surface area contributed by atoms with E-state index in [-0.39, 0.29) is 0 Å². The highest BCUT2D eigenvalue weighted by Crippen LogP contribution is 2.37. The number of hydrogen-bond donors (Lipinski definition) is 0. The van der Waals surface area contributed by atoms with Gasteiger partial charge in [0.1, 0.15) is 5.78 Å². The van der Waals surface area contributed by atoms with Gasteiger partial charge in [0, 0.05) is 25.2 Å². The number of hydrogen-bond acceptors (Lipinski definition) is 2. The third-order valence-electron chi connectivity index (χ3n) is 3.88. The summed E-state index contributed by atoms with van der Waals surface area (Å²) in [5, 5.41) is 0. The standard InChI is InChI=1S/C17H17NO/c19-16(6-5-13-7-9-18-10-8-13)12-15-11-14-3-1-2-4-17(14)15/h1-4,7-10,15H,5-6,11-12H2. The van der Waals surface area contributed by atoms with Crippen LogP contribution < -0.4 is 0 Å². The van der Waals surface area contributed by atoms with Crippen molar-refractivity contribution in [1.29, 1.82) is 0 Å². The third-order valence-corrected chi connectivity index (χ3v) is 3.88. The molecule has 1 aromatic carbocycles. The highest BCUT2D eigenvalue weighted by Gasteiger charge is 2.26. The lowest BCUT2D eigenvalue weighted by Crippen LogP contribution is -2.20. The Morgan fingerprint density at radius 1 is 1.16 bits per heavy atom. The minimum absolute atomic E-state index is 0.372. The maximum absolute atomic E-state index is 12.0. The van der Waals surface area contributed by atoms with Crippen molar-refractivity contribution in [2.24, 2.45) is 0 Å². The smallest absolute Gasteiger partial charge is 0.133 e. The molecule has 1 aliphatic rings. The molecule has 2 nitrogen and oxygen atoms in total. The Morgan fingerprint density at radius 2 is 1.95 bits per heavy atom. The highest BCUT2D eigenvalue weighted by atomic mass is 16.1. The van der Waals surface area contributed by atoms with Gasteiger partial charge in [-0.2, -0.15) is 0 Å². The van der Waals surface area contributed by atoms with Crippen LogP contribution in [-0.4, -0.2) is 10.8 Å². The minimum atomic E-state index is 0.372. The van der Waals surface area contributed by atoms with Gasteiger partial charge in [0.2, 0.25) is 0 Å². The Hall–Kier alpha value is -1.96. The Kier molecular flexibility index (Phi) is 3.41. The van der Waals surface area contributed by atoms with E-state index in [2.05, 4.69) is 29.2 Å². The monoisotopic (exact) mass is 251 g/mol. The summed E-state index contributed by atoms with van der Waals surface area (Å²) in [6.45, 7) is 0. The number of aromatic nitrogens is 1. The molecule has 0 saturated carbocycles. The topological polar surface area (TPSA) is 30.0 Å². The van der Waals surface area contributed by atoms with Gasteiger partial charge in [-0.25, -0.2) is 0 Å². The Labute approximate surface area is 113 Å². The van der Waals surface area contributed by atoms with Gasteiger partial charge in [0.15, 0.2) is 0 Å². The molecule has 0 N–H and O–H groups in total. The van der Waals surface area contributed by atoms with Crippen molar-refractivity contribution in [3.63, 3.8) is 0 Å². The average molecular weight is 251 g/mol. The van der Waals surface area contributed by atoms with Crippen molar-refractivity contribution in [2.75, 3.05) is 0 Å². The van der Waals surface area contributed by atoms with E-state index in [9.17, 15) is 4.79 Å². The van der Waals surface area contributed by atoms with Crippen molar-refractivity contribution < 1.29 is 4.79 Å². The first kappa shape index (κ1) is 12.1. The largest absolute Gasteiger partial charge is 0.300 e. The predicted molar refractivity (Wildman–Crippen MR) is 75.1 cm³/mol. The fourth-order valence-corrected chi connectivity index (χ4v) is 2.75. The number of ketones is 1. The van der Waals surface area contributed by atoms with Gasteiger partial charge in [-0.1, -0.05) is 24.3 Å². The quantitative estimate of drug-likeness (QED) is 0.816. The van der Waals surface area contributed by atoms with E-state index in [4.69, 9.17) is 0 Å². The molecule has 2 aromatic rings. The van der Waals surface area contributed by atoms with Crippen LogP contribution in [0.1, 0.15) is 35.4 Å². The maximum Gasteiger partial charge on any atom is 0.133 e. The molecule has 1 heterocycles. The molecule has 1 unspecified atom stereocenters. The third kappa shape index (κ3) is 2.73. The Bertz CT molecular complexity index is 577. The lowest BCUT2D eigenvalue weighted by molar-refractivity contribution is -0.119. The van der Waals surface area contributed by atoms with E-state index in [0.717, 1.165) is 12.8 Å². The first-order valence-corrected chi connectivity index (χ1v) is 6.81. The molecule has 0 fully saturated rings. The lowest BCUT2D eigenvalue weighted by Gasteiger charge is -2.29. The molecule has 96 valence electrons. The molecule has 1 aliphatic carbocycles. The van der Waals surface area contributed by atoms with E-state index >= 15 is 0 Å².